The van der Waals surface area contributed by atoms with E-state index in [0.717, 1.165) is 26.1 Å². The van der Waals surface area contributed by atoms with Crippen molar-refractivity contribution in [1.29, 1.82) is 0 Å². The highest BCUT2D eigenvalue weighted by atomic mass is 16.5. The molecule has 1 aromatic rings. The first kappa shape index (κ1) is 14.6. The molecule has 0 unspecified atom stereocenters. The molecule has 2 rings (SSSR count). The lowest BCUT2D eigenvalue weighted by Gasteiger charge is -2.22. The number of nitrogens with zero attached hydrogens (tertiary/aromatic N) is 1. The lowest BCUT2D eigenvalue weighted by molar-refractivity contribution is 0.0642. The lowest BCUT2D eigenvalue weighted by atomic mass is 10.0. The number of pyridine rings is 1. The molecule has 0 atom stereocenters. The van der Waals surface area contributed by atoms with E-state index in [4.69, 9.17) is 14.2 Å². The van der Waals surface area contributed by atoms with Crippen LogP contribution < -0.4 is 14.8 Å². The van der Waals surface area contributed by atoms with Gasteiger partial charge in [0.05, 0.1) is 19.8 Å². The zero-order valence-corrected chi connectivity index (χ0v) is 11.8. The summed E-state index contributed by atoms with van der Waals surface area (Å²) in [5.74, 6) is 1.16. The first-order valence-corrected chi connectivity index (χ1v) is 6.68. The minimum absolute atomic E-state index is 0.148. The van der Waals surface area contributed by atoms with Gasteiger partial charge in [-0.2, -0.15) is 0 Å². The van der Waals surface area contributed by atoms with Crippen molar-refractivity contribution in [2.45, 2.75) is 12.8 Å². The molecule has 0 spiro atoms. The Morgan fingerprint density at radius 1 is 1.40 bits per heavy atom. The molecule has 2 heterocycles. The maximum Gasteiger partial charge on any atom is 0.256 e. The van der Waals surface area contributed by atoms with Gasteiger partial charge in [0, 0.05) is 32.0 Å². The molecule has 1 N–H and O–H groups in total. The van der Waals surface area contributed by atoms with Gasteiger partial charge in [0.1, 0.15) is 0 Å². The highest BCUT2D eigenvalue weighted by Crippen LogP contribution is 2.24. The van der Waals surface area contributed by atoms with E-state index in [1.165, 1.54) is 20.4 Å². The summed E-state index contributed by atoms with van der Waals surface area (Å²) in [7, 11) is 3.03. The zero-order valence-electron chi connectivity index (χ0n) is 11.8. The van der Waals surface area contributed by atoms with E-state index >= 15 is 0 Å². The van der Waals surface area contributed by atoms with E-state index in [-0.39, 0.29) is 5.91 Å². The van der Waals surface area contributed by atoms with Crippen LogP contribution in [0.5, 0.6) is 11.6 Å². The third kappa shape index (κ3) is 3.60. The summed E-state index contributed by atoms with van der Waals surface area (Å²) in [4.78, 5) is 16.1. The number of rotatable bonds is 5. The number of nitrogens with one attached hydrogen (secondary N) is 1. The number of carbonyl (C=O) groups is 1. The number of methoxy groups -OCH3 is 2. The Bertz CT molecular complexity index is 458. The first-order valence-electron chi connectivity index (χ1n) is 6.68. The van der Waals surface area contributed by atoms with Gasteiger partial charge < -0.3 is 19.5 Å². The van der Waals surface area contributed by atoms with Crippen LogP contribution in [-0.4, -0.2) is 44.9 Å². The highest BCUT2D eigenvalue weighted by Gasteiger charge is 2.16. The van der Waals surface area contributed by atoms with Crippen LogP contribution in [-0.2, 0) is 4.74 Å². The zero-order chi connectivity index (χ0) is 14.4. The predicted molar refractivity (Wildman–Crippen MR) is 73.2 cm³/mol. The number of aromatic nitrogens is 1. The van der Waals surface area contributed by atoms with Crippen molar-refractivity contribution in [2.24, 2.45) is 5.92 Å². The van der Waals surface area contributed by atoms with Crippen LogP contribution >= 0.6 is 0 Å². The summed E-state index contributed by atoms with van der Waals surface area (Å²) < 4.78 is 15.5. The first-order chi connectivity index (χ1) is 9.74. The molecule has 0 bridgehead atoms. The molecule has 1 aliphatic rings. The van der Waals surface area contributed by atoms with Gasteiger partial charge in [-0.1, -0.05) is 0 Å². The van der Waals surface area contributed by atoms with Crippen LogP contribution in [0.1, 0.15) is 23.2 Å². The van der Waals surface area contributed by atoms with Gasteiger partial charge in [0.25, 0.3) is 11.8 Å². The third-order valence-corrected chi connectivity index (χ3v) is 3.39. The monoisotopic (exact) mass is 280 g/mol. The van der Waals surface area contributed by atoms with Crippen molar-refractivity contribution in [3.63, 3.8) is 0 Å². The average molecular weight is 280 g/mol. The fourth-order valence-electron chi connectivity index (χ4n) is 2.15. The average Bonchev–Trinajstić information content (AvgIpc) is 2.52. The Labute approximate surface area is 118 Å². The molecule has 1 amide bonds. The summed E-state index contributed by atoms with van der Waals surface area (Å²) in [5, 5.41) is 2.93. The predicted octanol–water partition coefficient (Wildman–Crippen LogP) is 1.26. The molecule has 1 aromatic heterocycles. The van der Waals surface area contributed by atoms with Crippen molar-refractivity contribution in [2.75, 3.05) is 34.0 Å². The summed E-state index contributed by atoms with van der Waals surface area (Å²) in [6.45, 7) is 2.22. The maximum absolute atomic E-state index is 12.1. The van der Waals surface area contributed by atoms with Gasteiger partial charge in [-0.15, -0.1) is 0 Å². The summed E-state index contributed by atoms with van der Waals surface area (Å²) >= 11 is 0. The van der Waals surface area contributed by atoms with Crippen LogP contribution in [0, 0.1) is 5.92 Å². The second-order valence-electron chi connectivity index (χ2n) is 4.70. The number of ether oxygens (including phenoxy) is 3. The molecule has 0 aliphatic carbocycles. The van der Waals surface area contributed by atoms with Crippen molar-refractivity contribution in [3.8, 4) is 11.6 Å². The van der Waals surface area contributed by atoms with Gasteiger partial charge >= 0.3 is 0 Å². The summed E-state index contributed by atoms with van der Waals surface area (Å²) in [5.41, 5.74) is 0.467. The van der Waals surface area contributed by atoms with Crippen molar-refractivity contribution in [3.05, 3.63) is 17.8 Å². The number of carbonyl (C=O) groups excluding carboxylic acids is 1. The number of amides is 1. The molecule has 0 saturated carbocycles. The Hall–Kier alpha value is -1.82. The highest BCUT2D eigenvalue weighted by molar-refractivity contribution is 5.94. The second kappa shape index (κ2) is 7.09. The lowest BCUT2D eigenvalue weighted by Crippen LogP contribution is -2.32. The van der Waals surface area contributed by atoms with Crippen LogP contribution in [0.3, 0.4) is 0 Å². The summed E-state index contributed by atoms with van der Waals surface area (Å²) in [6, 6.07) is 1.63. The van der Waals surface area contributed by atoms with E-state index in [2.05, 4.69) is 10.3 Å². The van der Waals surface area contributed by atoms with Gasteiger partial charge in [-0.3, -0.25) is 4.79 Å². The second-order valence-corrected chi connectivity index (χ2v) is 4.70. The van der Waals surface area contributed by atoms with Crippen LogP contribution in [0.25, 0.3) is 0 Å². The van der Waals surface area contributed by atoms with E-state index in [1.807, 2.05) is 0 Å². The van der Waals surface area contributed by atoms with E-state index in [1.54, 1.807) is 6.07 Å². The molecule has 1 aliphatic heterocycles. The molecular formula is C14H20N2O4. The molecule has 1 saturated heterocycles. The molecule has 20 heavy (non-hydrogen) atoms. The van der Waals surface area contributed by atoms with Gasteiger partial charge in [0.2, 0.25) is 0 Å². The Balaban J connectivity index is 1.94. The molecule has 0 aromatic carbocycles. The minimum Gasteiger partial charge on any atom is -0.491 e. The maximum atomic E-state index is 12.1. The largest absolute Gasteiger partial charge is 0.491 e. The molecule has 1 fully saturated rings. The van der Waals surface area contributed by atoms with Gasteiger partial charge in [-0.25, -0.2) is 4.98 Å². The topological polar surface area (TPSA) is 69.7 Å². The summed E-state index contributed by atoms with van der Waals surface area (Å²) in [6.07, 6.45) is 3.47. The van der Waals surface area contributed by atoms with Crippen LogP contribution in [0.15, 0.2) is 12.3 Å². The van der Waals surface area contributed by atoms with Crippen LogP contribution in [0.2, 0.25) is 0 Å². The molecule has 6 nitrogen and oxygen atoms in total. The normalized spacial score (nSPS) is 15.7. The number of hydrogen-bond donors (Lipinski definition) is 1. The van der Waals surface area contributed by atoms with Crippen LogP contribution in [0.4, 0.5) is 0 Å². The van der Waals surface area contributed by atoms with Gasteiger partial charge in [-0.05, 0) is 18.8 Å². The van der Waals surface area contributed by atoms with Gasteiger partial charge in [0.15, 0.2) is 5.75 Å². The van der Waals surface area contributed by atoms with E-state index in [9.17, 15) is 4.79 Å². The fourth-order valence-corrected chi connectivity index (χ4v) is 2.15. The number of hydrogen-bond acceptors (Lipinski definition) is 5. The molecule has 110 valence electrons. The fraction of sp³-hybridized carbons (Fsp3) is 0.571. The quantitative estimate of drug-likeness (QED) is 0.879. The third-order valence-electron chi connectivity index (χ3n) is 3.39. The minimum atomic E-state index is -0.148. The Morgan fingerprint density at radius 2 is 2.15 bits per heavy atom. The Kier molecular flexibility index (Phi) is 5.17. The SMILES string of the molecule is COc1cc(C(=O)NCC2CCOCC2)cnc1OC. The van der Waals surface area contributed by atoms with E-state index < -0.39 is 0 Å². The van der Waals surface area contributed by atoms with Crippen molar-refractivity contribution < 1.29 is 19.0 Å². The molecule has 6 heteroatoms. The van der Waals surface area contributed by atoms with Crippen molar-refractivity contribution >= 4 is 5.91 Å². The molecule has 0 radical (unpaired) electrons. The smallest absolute Gasteiger partial charge is 0.256 e. The Morgan fingerprint density at radius 3 is 2.80 bits per heavy atom. The van der Waals surface area contributed by atoms with Crippen molar-refractivity contribution in [1.82, 2.24) is 10.3 Å². The molecular weight excluding hydrogens is 260 g/mol. The standard InChI is InChI=1S/C14H20N2O4/c1-18-12-7-11(9-16-14(12)19-2)13(17)15-8-10-3-5-20-6-4-10/h7,9-10H,3-6,8H2,1-2H3,(H,15,17). The van der Waals surface area contributed by atoms with E-state index in [0.29, 0.717) is 29.7 Å².